The van der Waals surface area contributed by atoms with Crippen LogP contribution < -0.4 is 17.0 Å². The van der Waals surface area contributed by atoms with Gasteiger partial charge in [0.15, 0.2) is 6.20 Å². The van der Waals surface area contributed by atoms with E-state index in [-0.39, 0.29) is 12.4 Å². The zero-order valence-corrected chi connectivity index (χ0v) is 9.66. The molecule has 0 aliphatic carbocycles. The third-order valence-corrected chi connectivity index (χ3v) is 2.41. The van der Waals surface area contributed by atoms with Gasteiger partial charge in [0, 0.05) is 24.6 Å². The molecule has 15 heavy (non-hydrogen) atoms. The first-order chi connectivity index (χ1) is 6.83. The SMILES string of the molecule is COC[n+]1ccc(C)c2ccccc21.[Cl-]. The number of fused-ring (bicyclic) bond motifs is 1. The first-order valence-corrected chi connectivity index (χ1v) is 4.69. The van der Waals surface area contributed by atoms with Crippen LogP contribution in [0.1, 0.15) is 5.56 Å². The minimum absolute atomic E-state index is 0. The molecule has 0 N–H and O–H groups in total. The topological polar surface area (TPSA) is 13.1 Å². The Balaban J connectivity index is 0.00000112. The van der Waals surface area contributed by atoms with Gasteiger partial charge in [-0.25, -0.2) is 0 Å². The molecule has 2 nitrogen and oxygen atoms in total. The lowest BCUT2D eigenvalue weighted by Gasteiger charge is -2.02. The van der Waals surface area contributed by atoms with Crippen molar-refractivity contribution in [2.24, 2.45) is 0 Å². The average Bonchev–Trinajstić information content (AvgIpc) is 2.23. The largest absolute Gasteiger partial charge is 1.00 e. The maximum Gasteiger partial charge on any atom is 0.252 e. The number of halogens is 1. The second-order valence-corrected chi connectivity index (χ2v) is 3.40. The van der Waals surface area contributed by atoms with Crippen molar-refractivity contribution in [1.82, 2.24) is 0 Å². The maximum atomic E-state index is 5.14. The number of pyridine rings is 1. The predicted octanol–water partition coefficient (Wildman–Crippen LogP) is -0.956. The third kappa shape index (κ3) is 2.28. The highest BCUT2D eigenvalue weighted by atomic mass is 35.5. The van der Waals surface area contributed by atoms with Gasteiger partial charge < -0.3 is 17.1 Å². The summed E-state index contributed by atoms with van der Waals surface area (Å²) >= 11 is 0. The van der Waals surface area contributed by atoms with Crippen LogP contribution in [0.5, 0.6) is 0 Å². The Morgan fingerprint density at radius 3 is 2.67 bits per heavy atom. The molecule has 0 aliphatic rings. The quantitative estimate of drug-likeness (QED) is 0.598. The van der Waals surface area contributed by atoms with Gasteiger partial charge in [-0.05, 0) is 18.6 Å². The van der Waals surface area contributed by atoms with E-state index in [2.05, 4.69) is 42.0 Å². The monoisotopic (exact) mass is 223 g/mol. The number of methoxy groups -OCH3 is 1. The molecule has 0 spiro atoms. The molecule has 2 rings (SSSR count). The van der Waals surface area contributed by atoms with E-state index in [1.807, 2.05) is 6.07 Å². The second kappa shape index (κ2) is 5.10. The summed E-state index contributed by atoms with van der Waals surface area (Å²) in [6.07, 6.45) is 2.06. The van der Waals surface area contributed by atoms with Crippen molar-refractivity contribution in [2.75, 3.05) is 7.11 Å². The zero-order chi connectivity index (χ0) is 9.97. The molecule has 2 aromatic rings. The molecular weight excluding hydrogens is 210 g/mol. The van der Waals surface area contributed by atoms with Gasteiger partial charge in [-0.3, -0.25) is 0 Å². The number of benzene rings is 1. The Kier molecular flexibility index (Phi) is 4.06. The zero-order valence-electron chi connectivity index (χ0n) is 8.90. The van der Waals surface area contributed by atoms with Gasteiger partial charge >= 0.3 is 0 Å². The molecule has 0 amide bonds. The van der Waals surface area contributed by atoms with Crippen molar-refractivity contribution in [1.29, 1.82) is 0 Å². The minimum Gasteiger partial charge on any atom is -1.00 e. The molecule has 0 fully saturated rings. The van der Waals surface area contributed by atoms with Crippen LogP contribution in [0.15, 0.2) is 36.5 Å². The molecule has 80 valence electrons. The van der Waals surface area contributed by atoms with E-state index in [1.165, 1.54) is 16.5 Å². The predicted molar refractivity (Wildman–Crippen MR) is 55.9 cm³/mol. The Hall–Kier alpha value is -1.12. The Morgan fingerprint density at radius 2 is 1.93 bits per heavy atom. The summed E-state index contributed by atoms with van der Waals surface area (Å²) in [4.78, 5) is 0. The fourth-order valence-electron chi connectivity index (χ4n) is 1.68. The van der Waals surface area contributed by atoms with Gasteiger partial charge in [0.2, 0.25) is 5.52 Å². The van der Waals surface area contributed by atoms with Crippen LogP contribution in [0.2, 0.25) is 0 Å². The summed E-state index contributed by atoms with van der Waals surface area (Å²) in [7, 11) is 1.71. The van der Waals surface area contributed by atoms with E-state index in [4.69, 9.17) is 4.74 Å². The minimum atomic E-state index is 0. The number of hydrogen-bond acceptors (Lipinski definition) is 1. The van der Waals surface area contributed by atoms with E-state index in [0.29, 0.717) is 6.73 Å². The molecular formula is C12H14ClNO. The van der Waals surface area contributed by atoms with Crippen molar-refractivity contribution >= 4 is 10.9 Å². The molecule has 1 heterocycles. The van der Waals surface area contributed by atoms with Gasteiger partial charge in [-0.1, -0.05) is 12.1 Å². The highest BCUT2D eigenvalue weighted by molar-refractivity contribution is 5.78. The smallest absolute Gasteiger partial charge is 0.252 e. The summed E-state index contributed by atoms with van der Waals surface area (Å²) < 4.78 is 7.24. The molecule has 0 saturated heterocycles. The molecule has 0 bridgehead atoms. The Labute approximate surface area is 95.9 Å². The highest BCUT2D eigenvalue weighted by Crippen LogP contribution is 2.13. The van der Waals surface area contributed by atoms with Gasteiger partial charge in [0.1, 0.15) is 0 Å². The van der Waals surface area contributed by atoms with Gasteiger partial charge in [-0.2, -0.15) is 4.57 Å². The fourth-order valence-corrected chi connectivity index (χ4v) is 1.68. The first kappa shape index (κ1) is 12.0. The number of nitrogens with zero attached hydrogens (tertiary/aromatic N) is 1. The molecule has 0 atom stereocenters. The lowest BCUT2D eigenvalue weighted by atomic mass is 10.1. The van der Waals surface area contributed by atoms with Crippen molar-refractivity contribution in [3.8, 4) is 0 Å². The van der Waals surface area contributed by atoms with Crippen molar-refractivity contribution in [2.45, 2.75) is 13.7 Å². The summed E-state index contributed by atoms with van der Waals surface area (Å²) in [6.45, 7) is 2.72. The summed E-state index contributed by atoms with van der Waals surface area (Å²) in [6, 6.07) is 10.5. The number of para-hydroxylation sites is 1. The Bertz CT molecular complexity index is 456. The van der Waals surface area contributed by atoms with E-state index < -0.39 is 0 Å². The van der Waals surface area contributed by atoms with Crippen LogP contribution in [-0.4, -0.2) is 7.11 Å². The maximum absolute atomic E-state index is 5.14. The van der Waals surface area contributed by atoms with Crippen LogP contribution >= 0.6 is 0 Å². The molecule has 0 radical (unpaired) electrons. The molecule has 1 aromatic heterocycles. The molecule has 0 unspecified atom stereocenters. The van der Waals surface area contributed by atoms with Crippen LogP contribution in [-0.2, 0) is 11.5 Å². The second-order valence-electron chi connectivity index (χ2n) is 3.40. The van der Waals surface area contributed by atoms with Gasteiger partial charge in [0.25, 0.3) is 6.73 Å². The van der Waals surface area contributed by atoms with Crippen molar-refractivity contribution in [3.05, 3.63) is 42.1 Å². The van der Waals surface area contributed by atoms with E-state index >= 15 is 0 Å². The van der Waals surface area contributed by atoms with Crippen LogP contribution in [0.3, 0.4) is 0 Å². The molecule has 3 heteroatoms. The number of aromatic nitrogens is 1. The molecule has 1 aromatic carbocycles. The van der Waals surface area contributed by atoms with E-state index in [1.54, 1.807) is 7.11 Å². The average molecular weight is 224 g/mol. The first-order valence-electron chi connectivity index (χ1n) is 4.69. The summed E-state index contributed by atoms with van der Waals surface area (Å²) in [5.41, 5.74) is 2.52. The van der Waals surface area contributed by atoms with Crippen LogP contribution in [0.25, 0.3) is 10.9 Å². The van der Waals surface area contributed by atoms with Crippen LogP contribution in [0, 0.1) is 6.92 Å². The lowest BCUT2D eigenvalue weighted by Crippen LogP contribution is -3.00. The highest BCUT2D eigenvalue weighted by Gasteiger charge is 2.08. The van der Waals surface area contributed by atoms with Crippen molar-refractivity contribution < 1.29 is 21.7 Å². The lowest BCUT2D eigenvalue weighted by molar-refractivity contribution is -0.707. The van der Waals surface area contributed by atoms with Gasteiger partial charge in [-0.15, -0.1) is 0 Å². The summed E-state index contributed by atoms with van der Waals surface area (Å²) in [5.74, 6) is 0. The van der Waals surface area contributed by atoms with E-state index in [9.17, 15) is 0 Å². The molecule has 0 saturated carbocycles. The van der Waals surface area contributed by atoms with Crippen molar-refractivity contribution in [3.63, 3.8) is 0 Å². The third-order valence-electron chi connectivity index (χ3n) is 2.41. The number of ether oxygens (including phenoxy) is 1. The number of aryl methyl sites for hydroxylation is 1. The normalized spacial score (nSPS) is 10.0. The standard InChI is InChI=1S/C12H14NO.ClH/c1-10-7-8-13(9-14-2)12-6-4-3-5-11(10)12;/h3-8H,9H2,1-2H3;1H/q+1;/p-1. The Morgan fingerprint density at radius 1 is 1.20 bits per heavy atom. The molecule has 0 aliphatic heterocycles. The van der Waals surface area contributed by atoms with Crippen LogP contribution in [0.4, 0.5) is 0 Å². The van der Waals surface area contributed by atoms with E-state index in [0.717, 1.165) is 0 Å². The van der Waals surface area contributed by atoms with Gasteiger partial charge in [0.05, 0.1) is 0 Å². The summed E-state index contributed by atoms with van der Waals surface area (Å²) in [5, 5.41) is 1.28. The number of hydrogen-bond donors (Lipinski definition) is 0. The number of rotatable bonds is 2. The fraction of sp³-hybridized carbons (Fsp3) is 0.250.